The van der Waals surface area contributed by atoms with E-state index in [1.807, 2.05) is 0 Å². The number of rotatable bonds is 6. The maximum absolute atomic E-state index is 12.2. The minimum atomic E-state index is 0.339. The van der Waals surface area contributed by atoms with Crippen molar-refractivity contribution >= 4 is 5.91 Å². The number of carbonyl (C=O) groups excluding carboxylic acids is 1. The van der Waals surface area contributed by atoms with Crippen LogP contribution in [0.2, 0.25) is 0 Å². The lowest BCUT2D eigenvalue weighted by atomic mass is 9.91. The van der Waals surface area contributed by atoms with Crippen LogP contribution < -0.4 is 5.32 Å². The molecule has 1 rings (SSSR count). The Morgan fingerprint density at radius 3 is 2.61 bits per heavy atom. The molecule has 0 aromatic carbocycles. The predicted octanol–water partition coefficient (Wildman–Crippen LogP) is 2.66. The van der Waals surface area contributed by atoms with E-state index in [1.165, 1.54) is 12.8 Å². The van der Waals surface area contributed by atoms with E-state index in [4.69, 9.17) is 0 Å². The second kappa shape index (κ2) is 7.78. The summed E-state index contributed by atoms with van der Waals surface area (Å²) < 4.78 is 0. The molecular formula is C15H30N2O. The van der Waals surface area contributed by atoms with E-state index in [1.54, 1.807) is 0 Å². The lowest BCUT2D eigenvalue weighted by Gasteiger charge is -2.38. The first-order valence-electron chi connectivity index (χ1n) is 7.57. The molecule has 2 unspecified atom stereocenters. The van der Waals surface area contributed by atoms with Crippen molar-refractivity contribution in [2.45, 2.75) is 59.4 Å². The first-order valence-corrected chi connectivity index (χ1v) is 7.57. The summed E-state index contributed by atoms with van der Waals surface area (Å²) in [5.41, 5.74) is 0. The van der Waals surface area contributed by atoms with Crippen molar-refractivity contribution < 1.29 is 4.79 Å². The molecule has 1 amide bonds. The van der Waals surface area contributed by atoms with E-state index < -0.39 is 0 Å². The van der Waals surface area contributed by atoms with Crippen molar-refractivity contribution in [3.8, 4) is 0 Å². The molecular weight excluding hydrogens is 224 g/mol. The van der Waals surface area contributed by atoms with Crippen LogP contribution in [0, 0.1) is 11.8 Å². The van der Waals surface area contributed by atoms with Gasteiger partial charge in [-0.05, 0) is 31.2 Å². The van der Waals surface area contributed by atoms with E-state index in [2.05, 4.69) is 37.9 Å². The SMILES string of the molecule is CCCNC1CC(CC)CN(C(=O)CC(C)C)C1. The van der Waals surface area contributed by atoms with Gasteiger partial charge in [-0.1, -0.05) is 34.1 Å². The first kappa shape index (κ1) is 15.5. The molecule has 0 spiro atoms. The van der Waals surface area contributed by atoms with Crippen LogP contribution >= 0.6 is 0 Å². The van der Waals surface area contributed by atoms with E-state index in [-0.39, 0.29) is 0 Å². The highest BCUT2D eigenvalue weighted by Gasteiger charge is 2.28. The molecule has 0 saturated carbocycles. The first-order chi connectivity index (χ1) is 8.56. The van der Waals surface area contributed by atoms with Gasteiger partial charge in [-0.15, -0.1) is 0 Å². The number of hydrogen-bond donors (Lipinski definition) is 1. The Morgan fingerprint density at radius 2 is 2.06 bits per heavy atom. The second-order valence-corrected chi connectivity index (χ2v) is 6.06. The molecule has 0 aromatic rings. The Balaban J connectivity index is 2.53. The number of carbonyl (C=O) groups is 1. The third-order valence-corrected chi connectivity index (χ3v) is 3.73. The van der Waals surface area contributed by atoms with Gasteiger partial charge in [0, 0.05) is 25.6 Å². The number of likely N-dealkylation sites (tertiary alicyclic amines) is 1. The Morgan fingerprint density at radius 1 is 1.33 bits per heavy atom. The molecule has 0 radical (unpaired) electrons. The molecule has 1 heterocycles. The minimum absolute atomic E-state index is 0.339. The van der Waals surface area contributed by atoms with Gasteiger partial charge in [-0.3, -0.25) is 4.79 Å². The molecule has 0 aromatic heterocycles. The largest absolute Gasteiger partial charge is 0.341 e. The fraction of sp³-hybridized carbons (Fsp3) is 0.933. The molecule has 1 N–H and O–H groups in total. The van der Waals surface area contributed by atoms with Crippen molar-refractivity contribution in [1.82, 2.24) is 10.2 Å². The van der Waals surface area contributed by atoms with Gasteiger partial charge < -0.3 is 10.2 Å². The number of hydrogen-bond acceptors (Lipinski definition) is 2. The van der Waals surface area contributed by atoms with Crippen LogP contribution in [0.1, 0.15) is 53.4 Å². The van der Waals surface area contributed by atoms with Gasteiger partial charge in [-0.2, -0.15) is 0 Å². The predicted molar refractivity (Wildman–Crippen MR) is 76.5 cm³/mol. The molecule has 1 aliphatic heterocycles. The van der Waals surface area contributed by atoms with Gasteiger partial charge >= 0.3 is 0 Å². The molecule has 2 atom stereocenters. The van der Waals surface area contributed by atoms with Crippen LogP contribution in [-0.2, 0) is 4.79 Å². The Labute approximate surface area is 112 Å². The zero-order chi connectivity index (χ0) is 13.5. The molecule has 0 bridgehead atoms. The maximum atomic E-state index is 12.2. The lowest BCUT2D eigenvalue weighted by Crippen LogP contribution is -2.51. The normalized spacial score (nSPS) is 24.6. The van der Waals surface area contributed by atoms with Gasteiger partial charge in [0.25, 0.3) is 0 Å². The number of amides is 1. The molecule has 106 valence electrons. The standard InChI is InChI=1S/C15H30N2O/c1-5-7-16-14-9-13(6-2)10-17(11-14)15(18)8-12(3)4/h12-14,16H,5-11H2,1-4H3. The summed E-state index contributed by atoms with van der Waals surface area (Å²) in [5.74, 6) is 1.47. The fourth-order valence-electron chi connectivity index (χ4n) is 2.68. The molecule has 1 aliphatic rings. The van der Waals surface area contributed by atoms with Crippen LogP contribution in [-0.4, -0.2) is 36.5 Å². The van der Waals surface area contributed by atoms with E-state index >= 15 is 0 Å². The van der Waals surface area contributed by atoms with Crippen molar-refractivity contribution in [2.75, 3.05) is 19.6 Å². The highest BCUT2D eigenvalue weighted by Crippen LogP contribution is 2.21. The lowest BCUT2D eigenvalue weighted by molar-refractivity contribution is -0.134. The van der Waals surface area contributed by atoms with Gasteiger partial charge in [-0.25, -0.2) is 0 Å². The maximum Gasteiger partial charge on any atom is 0.222 e. The van der Waals surface area contributed by atoms with Gasteiger partial charge in [0.15, 0.2) is 0 Å². The summed E-state index contributed by atoms with van der Waals surface area (Å²) >= 11 is 0. The van der Waals surface area contributed by atoms with Crippen molar-refractivity contribution in [2.24, 2.45) is 11.8 Å². The number of piperidine rings is 1. The average Bonchev–Trinajstić information content (AvgIpc) is 2.35. The summed E-state index contributed by atoms with van der Waals surface area (Å²) in [6.45, 7) is 11.6. The summed E-state index contributed by atoms with van der Waals surface area (Å²) in [6.07, 6.45) is 4.25. The summed E-state index contributed by atoms with van der Waals surface area (Å²) in [4.78, 5) is 14.3. The monoisotopic (exact) mass is 254 g/mol. The van der Waals surface area contributed by atoms with Gasteiger partial charge in [0.05, 0.1) is 0 Å². The van der Waals surface area contributed by atoms with Crippen LogP contribution in [0.3, 0.4) is 0 Å². The van der Waals surface area contributed by atoms with Crippen LogP contribution in [0.25, 0.3) is 0 Å². The molecule has 1 saturated heterocycles. The van der Waals surface area contributed by atoms with Crippen molar-refractivity contribution in [1.29, 1.82) is 0 Å². The zero-order valence-electron chi connectivity index (χ0n) is 12.5. The van der Waals surface area contributed by atoms with Crippen LogP contribution in [0.4, 0.5) is 0 Å². The third-order valence-electron chi connectivity index (χ3n) is 3.73. The average molecular weight is 254 g/mol. The van der Waals surface area contributed by atoms with Crippen molar-refractivity contribution in [3.05, 3.63) is 0 Å². The van der Waals surface area contributed by atoms with Gasteiger partial charge in [0.2, 0.25) is 5.91 Å². The topological polar surface area (TPSA) is 32.3 Å². The van der Waals surface area contributed by atoms with E-state index in [0.29, 0.717) is 30.2 Å². The molecule has 0 aliphatic carbocycles. The molecule has 3 heteroatoms. The van der Waals surface area contributed by atoms with E-state index in [0.717, 1.165) is 26.1 Å². The van der Waals surface area contributed by atoms with Crippen LogP contribution in [0.15, 0.2) is 0 Å². The Kier molecular flexibility index (Phi) is 6.69. The van der Waals surface area contributed by atoms with Gasteiger partial charge in [0.1, 0.15) is 0 Å². The quantitative estimate of drug-likeness (QED) is 0.790. The Bertz CT molecular complexity index is 253. The Hall–Kier alpha value is -0.570. The number of nitrogens with one attached hydrogen (secondary N) is 1. The highest BCUT2D eigenvalue weighted by molar-refractivity contribution is 5.76. The molecule has 18 heavy (non-hydrogen) atoms. The smallest absolute Gasteiger partial charge is 0.222 e. The second-order valence-electron chi connectivity index (χ2n) is 6.06. The fourth-order valence-corrected chi connectivity index (χ4v) is 2.68. The highest BCUT2D eigenvalue weighted by atomic mass is 16.2. The molecule has 1 fully saturated rings. The van der Waals surface area contributed by atoms with Crippen LogP contribution in [0.5, 0.6) is 0 Å². The zero-order valence-corrected chi connectivity index (χ0v) is 12.5. The van der Waals surface area contributed by atoms with Crippen molar-refractivity contribution in [3.63, 3.8) is 0 Å². The summed E-state index contributed by atoms with van der Waals surface area (Å²) in [6, 6.07) is 0.500. The number of nitrogens with zero attached hydrogens (tertiary/aromatic N) is 1. The third kappa shape index (κ3) is 4.97. The minimum Gasteiger partial charge on any atom is -0.341 e. The van der Waals surface area contributed by atoms with E-state index in [9.17, 15) is 4.79 Å². The molecule has 3 nitrogen and oxygen atoms in total. The summed E-state index contributed by atoms with van der Waals surface area (Å²) in [5, 5.41) is 3.58. The summed E-state index contributed by atoms with van der Waals surface area (Å²) in [7, 11) is 0.